The van der Waals surface area contributed by atoms with Crippen molar-refractivity contribution >= 4 is 21.6 Å². The molecular weight excluding hydrogens is 461 g/mol. The average Bonchev–Trinajstić information content (AvgIpc) is 3.56. The Bertz CT molecular complexity index is 1200. The van der Waals surface area contributed by atoms with Crippen LogP contribution in [0.3, 0.4) is 0 Å². The molecule has 182 valence electrons. The van der Waals surface area contributed by atoms with E-state index < -0.39 is 11.7 Å². The molecule has 1 unspecified atom stereocenters. The monoisotopic (exact) mass is 490 g/mol. The van der Waals surface area contributed by atoms with E-state index in [-0.39, 0.29) is 0 Å². The van der Waals surface area contributed by atoms with Crippen LogP contribution in [0.5, 0.6) is 0 Å². The Morgan fingerprint density at radius 3 is 2.53 bits per heavy atom. The third-order valence-electron chi connectivity index (χ3n) is 5.07. The van der Waals surface area contributed by atoms with E-state index in [4.69, 9.17) is 4.74 Å². The van der Waals surface area contributed by atoms with Crippen molar-refractivity contribution < 1.29 is 17.9 Å². The van der Waals surface area contributed by atoms with Gasteiger partial charge in [0.25, 0.3) is 0 Å². The molecule has 0 bridgehead atoms. The second-order valence-corrected chi connectivity index (χ2v) is 8.98. The second kappa shape index (κ2) is 11.6. The summed E-state index contributed by atoms with van der Waals surface area (Å²) in [5.41, 5.74) is 2.49. The smallest absolute Gasteiger partial charge is 0.376 e. The summed E-state index contributed by atoms with van der Waals surface area (Å²) in [6.45, 7) is 9.79. The van der Waals surface area contributed by atoms with Crippen LogP contribution in [0.25, 0.3) is 21.3 Å². The van der Waals surface area contributed by atoms with Crippen molar-refractivity contribution in [1.29, 1.82) is 0 Å². The van der Waals surface area contributed by atoms with Crippen molar-refractivity contribution in [3.8, 4) is 11.1 Å². The number of pyridine rings is 1. The number of hydrogen-bond donors (Lipinski definition) is 0. The quantitative estimate of drug-likeness (QED) is 0.308. The highest BCUT2D eigenvalue weighted by atomic mass is 32.1. The van der Waals surface area contributed by atoms with Gasteiger partial charge in [0.15, 0.2) is 0 Å². The zero-order valence-electron chi connectivity index (χ0n) is 19.8. The van der Waals surface area contributed by atoms with Crippen LogP contribution in [-0.2, 0) is 17.5 Å². The summed E-state index contributed by atoms with van der Waals surface area (Å²) in [6, 6.07) is 6.53. The number of ether oxygens (including phenoxy) is 1. The Balaban J connectivity index is 0.000000197. The fourth-order valence-electron chi connectivity index (χ4n) is 3.54. The number of halogens is 3. The van der Waals surface area contributed by atoms with Gasteiger partial charge in [0.2, 0.25) is 0 Å². The topological polar surface area (TPSA) is 52.8 Å². The molecule has 5 nitrogen and oxygen atoms in total. The van der Waals surface area contributed by atoms with E-state index in [1.807, 2.05) is 43.8 Å². The largest absolute Gasteiger partial charge is 0.417 e. The molecule has 1 aliphatic heterocycles. The first-order valence-electron chi connectivity index (χ1n) is 11.3. The van der Waals surface area contributed by atoms with Gasteiger partial charge in [-0.25, -0.2) is 4.98 Å². The van der Waals surface area contributed by atoms with E-state index in [0.717, 1.165) is 40.6 Å². The summed E-state index contributed by atoms with van der Waals surface area (Å²) < 4.78 is 46.5. The number of aromatic nitrogens is 4. The average molecular weight is 491 g/mol. The summed E-state index contributed by atoms with van der Waals surface area (Å²) in [7, 11) is 0. The number of benzene rings is 1. The van der Waals surface area contributed by atoms with E-state index >= 15 is 0 Å². The van der Waals surface area contributed by atoms with Crippen LogP contribution in [0.4, 0.5) is 13.2 Å². The van der Waals surface area contributed by atoms with Gasteiger partial charge in [0, 0.05) is 30.8 Å². The number of thiazole rings is 1. The van der Waals surface area contributed by atoms with Crippen LogP contribution < -0.4 is 0 Å². The lowest BCUT2D eigenvalue weighted by atomic mass is 10.1. The van der Waals surface area contributed by atoms with Crippen LogP contribution >= 0.6 is 11.3 Å². The lowest BCUT2D eigenvalue weighted by Gasteiger charge is -2.08. The van der Waals surface area contributed by atoms with E-state index in [0.29, 0.717) is 17.2 Å². The van der Waals surface area contributed by atoms with Gasteiger partial charge in [-0.2, -0.15) is 18.3 Å². The molecular formula is C25H29F3N4OS. The Labute approximate surface area is 201 Å². The first-order valence-corrected chi connectivity index (χ1v) is 12.1. The summed E-state index contributed by atoms with van der Waals surface area (Å²) in [5.74, 6) is 0. The first kappa shape index (κ1) is 25.8. The van der Waals surface area contributed by atoms with Crippen LogP contribution in [0.15, 0.2) is 49.1 Å². The summed E-state index contributed by atoms with van der Waals surface area (Å²) in [5, 5.41) is 5.15. The van der Waals surface area contributed by atoms with Gasteiger partial charge in [-0.15, -0.1) is 11.3 Å². The van der Waals surface area contributed by atoms with Crippen molar-refractivity contribution in [3.63, 3.8) is 0 Å². The number of nitrogens with zero attached hydrogens (tertiary/aromatic N) is 4. The molecule has 1 aliphatic rings. The number of alkyl halides is 3. The zero-order valence-corrected chi connectivity index (χ0v) is 20.6. The Hall–Kier alpha value is -2.78. The molecule has 0 radical (unpaired) electrons. The molecule has 1 saturated heterocycles. The van der Waals surface area contributed by atoms with Gasteiger partial charge in [-0.05, 0) is 56.0 Å². The summed E-state index contributed by atoms with van der Waals surface area (Å²) >= 11 is 1.52. The van der Waals surface area contributed by atoms with Gasteiger partial charge in [-0.3, -0.25) is 9.67 Å². The fraction of sp³-hybridized carbons (Fsp3) is 0.400. The molecule has 1 fully saturated rings. The van der Waals surface area contributed by atoms with Crippen molar-refractivity contribution in [2.45, 2.75) is 59.4 Å². The molecule has 0 aliphatic carbocycles. The van der Waals surface area contributed by atoms with E-state index in [1.54, 1.807) is 6.07 Å². The molecule has 5 rings (SSSR count). The maximum Gasteiger partial charge on any atom is 0.417 e. The van der Waals surface area contributed by atoms with Gasteiger partial charge >= 0.3 is 6.18 Å². The lowest BCUT2D eigenvalue weighted by molar-refractivity contribution is -0.137. The van der Waals surface area contributed by atoms with E-state index in [2.05, 4.69) is 28.2 Å². The normalized spacial score (nSPS) is 15.4. The molecule has 4 heterocycles. The number of fused-ring (bicyclic) bond motifs is 1. The molecule has 3 aromatic heterocycles. The fourth-order valence-corrected chi connectivity index (χ4v) is 4.40. The third-order valence-corrected chi connectivity index (χ3v) is 6.00. The molecule has 34 heavy (non-hydrogen) atoms. The third kappa shape index (κ3) is 6.87. The lowest BCUT2D eigenvalue weighted by Crippen LogP contribution is -2.14. The minimum atomic E-state index is -4.38. The standard InChI is InChI=1S/C14H9F3N2S.C9H14N2O.C2H6/c1-8-19-12-3-2-9(5-13(12)20-8)10-4-11(7-18-6-10)14(15,16)17;1-8-5-10-11(6-8)7-9-3-2-4-12-9;1-2/h2-7H,1H3;5-6,9H,2-4,7H2,1H3;1-2H3. The summed E-state index contributed by atoms with van der Waals surface area (Å²) in [4.78, 5) is 8.01. The van der Waals surface area contributed by atoms with Gasteiger partial charge in [0.1, 0.15) is 0 Å². The van der Waals surface area contributed by atoms with Crippen molar-refractivity contribution in [2.24, 2.45) is 0 Å². The second-order valence-electron chi connectivity index (χ2n) is 7.75. The molecule has 9 heteroatoms. The number of hydrogen-bond acceptors (Lipinski definition) is 5. The Kier molecular flexibility index (Phi) is 8.79. The zero-order chi connectivity index (χ0) is 24.7. The predicted octanol–water partition coefficient (Wildman–Crippen LogP) is 7.08. The molecule has 4 aromatic rings. The van der Waals surface area contributed by atoms with Crippen molar-refractivity contribution in [3.05, 3.63) is 65.2 Å². The SMILES string of the molecule is CC.Cc1cnn(CC2CCCO2)c1.Cc1nc2ccc(-c3cncc(C(F)(F)F)c3)cc2s1. The molecule has 1 aromatic carbocycles. The van der Waals surface area contributed by atoms with Crippen LogP contribution in [0.1, 0.15) is 42.8 Å². The molecule has 0 N–H and O–H groups in total. The van der Waals surface area contributed by atoms with E-state index in [9.17, 15) is 13.2 Å². The predicted molar refractivity (Wildman–Crippen MR) is 130 cm³/mol. The maximum atomic E-state index is 12.7. The Morgan fingerprint density at radius 2 is 1.88 bits per heavy atom. The first-order chi connectivity index (χ1) is 16.3. The highest BCUT2D eigenvalue weighted by Gasteiger charge is 2.31. The minimum Gasteiger partial charge on any atom is -0.376 e. The van der Waals surface area contributed by atoms with Crippen molar-refractivity contribution in [2.75, 3.05) is 6.61 Å². The maximum absolute atomic E-state index is 12.7. The summed E-state index contributed by atoms with van der Waals surface area (Å²) in [6.07, 6.45) is 4.60. The van der Waals surface area contributed by atoms with Gasteiger partial charge in [-0.1, -0.05) is 19.9 Å². The molecule has 1 atom stereocenters. The highest BCUT2D eigenvalue weighted by molar-refractivity contribution is 7.18. The molecule has 0 amide bonds. The van der Waals surface area contributed by atoms with Crippen LogP contribution in [0.2, 0.25) is 0 Å². The van der Waals surface area contributed by atoms with Crippen LogP contribution in [0, 0.1) is 13.8 Å². The minimum absolute atomic E-state index is 0.393. The number of rotatable bonds is 3. The molecule has 0 spiro atoms. The van der Waals surface area contributed by atoms with E-state index in [1.165, 1.54) is 35.9 Å². The molecule has 0 saturated carbocycles. The highest BCUT2D eigenvalue weighted by Crippen LogP contribution is 2.33. The van der Waals surface area contributed by atoms with Gasteiger partial charge < -0.3 is 4.74 Å². The van der Waals surface area contributed by atoms with Crippen LogP contribution in [-0.4, -0.2) is 32.5 Å². The van der Waals surface area contributed by atoms with Gasteiger partial charge in [0.05, 0.1) is 39.6 Å². The van der Waals surface area contributed by atoms with Crippen molar-refractivity contribution in [1.82, 2.24) is 19.7 Å². The number of aryl methyl sites for hydroxylation is 2. The Morgan fingerprint density at radius 1 is 1.09 bits per heavy atom.